The summed E-state index contributed by atoms with van der Waals surface area (Å²) < 4.78 is 0. The summed E-state index contributed by atoms with van der Waals surface area (Å²) in [5.41, 5.74) is 1.50. The average Bonchev–Trinajstić information content (AvgIpc) is 2.93. The molecule has 1 aromatic carbocycles. The van der Waals surface area contributed by atoms with Crippen LogP contribution in [-0.2, 0) is 0 Å². The third-order valence-corrected chi connectivity index (χ3v) is 5.02. The third kappa shape index (κ3) is 2.51. The number of rotatable bonds is 3. The van der Waals surface area contributed by atoms with Gasteiger partial charge in [0.1, 0.15) is 0 Å². The molecule has 0 aliphatic carbocycles. The molecule has 17 heavy (non-hydrogen) atoms. The minimum absolute atomic E-state index is 0.571. The Balaban J connectivity index is 1.57. The number of benzene rings is 1. The van der Waals surface area contributed by atoms with Crippen LogP contribution in [0.5, 0.6) is 0 Å². The molecule has 1 N–H and O–H groups in total. The Labute approximate surface area is 108 Å². The van der Waals surface area contributed by atoms with Crippen LogP contribution in [0.2, 0.25) is 0 Å². The second-order valence-corrected chi connectivity index (χ2v) is 6.29. The molecule has 0 saturated carbocycles. The van der Waals surface area contributed by atoms with Crippen molar-refractivity contribution in [2.75, 3.05) is 32.4 Å². The van der Waals surface area contributed by atoms with E-state index in [0.717, 1.165) is 5.92 Å². The molecular formula is C14H20N2S. The van der Waals surface area contributed by atoms with Crippen molar-refractivity contribution in [3.05, 3.63) is 29.8 Å². The molecule has 3 heteroatoms. The Morgan fingerprint density at radius 3 is 3.12 bits per heavy atom. The fourth-order valence-corrected chi connectivity index (χ4v) is 4.03. The van der Waals surface area contributed by atoms with E-state index in [1.54, 1.807) is 0 Å². The average molecular weight is 248 g/mol. The lowest BCUT2D eigenvalue weighted by Gasteiger charge is -2.17. The van der Waals surface area contributed by atoms with Gasteiger partial charge in [-0.15, -0.1) is 11.8 Å². The van der Waals surface area contributed by atoms with Gasteiger partial charge in [-0.05, 0) is 44.1 Å². The maximum Gasteiger partial charge on any atom is 0.0426 e. The van der Waals surface area contributed by atoms with Gasteiger partial charge in [0.25, 0.3) is 0 Å². The van der Waals surface area contributed by atoms with E-state index in [1.165, 1.54) is 42.3 Å². The van der Waals surface area contributed by atoms with Crippen LogP contribution in [0.15, 0.2) is 29.2 Å². The van der Waals surface area contributed by atoms with E-state index in [1.807, 2.05) is 11.8 Å². The molecule has 0 bridgehead atoms. The quantitative estimate of drug-likeness (QED) is 0.884. The molecule has 2 aliphatic heterocycles. The lowest BCUT2D eigenvalue weighted by atomic mass is 10.1. The smallest absolute Gasteiger partial charge is 0.0426 e. The monoisotopic (exact) mass is 248 g/mol. The predicted octanol–water partition coefficient (Wildman–Crippen LogP) is 2.37. The summed E-state index contributed by atoms with van der Waals surface area (Å²) >= 11 is 1.99. The Hall–Kier alpha value is -0.510. The summed E-state index contributed by atoms with van der Waals surface area (Å²) in [5, 5.41) is 3.75. The van der Waals surface area contributed by atoms with Gasteiger partial charge in [-0.3, -0.25) is 0 Å². The summed E-state index contributed by atoms with van der Waals surface area (Å²) in [7, 11) is 2.22. The largest absolute Gasteiger partial charge is 0.309 e. The van der Waals surface area contributed by atoms with Crippen LogP contribution in [0.25, 0.3) is 0 Å². The van der Waals surface area contributed by atoms with Crippen molar-refractivity contribution in [1.82, 2.24) is 10.2 Å². The van der Waals surface area contributed by atoms with Gasteiger partial charge in [0, 0.05) is 23.2 Å². The van der Waals surface area contributed by atoms with E-state index in [4.69, 9.17) is 0 Å². The van der Waals surface area contributed by atoms with Gasteiger partial charge in [0.15, 0.2) is 0 Å². The Kier molecular flexibility index (Phi) is 3.41. The maximum absolute atomic E-state index is 3.75. The van der Waals surface area contributed by atoms with Crippen molar-refractivity contribution < 1.29 is 0 Å². The van der Waals surface area contributed by atoms with Crippen LogP contribution in [0.4, 0.5) is 0 Å². The molecular weight excluding hydrogens is 228 g/mol. The number of hydrogen-bond acceptors (Lipinski definition) is 3. The predicted molar refractivity (Wildman–Crippen MR) is 73.5 cm³/mol. The van der Waals surface area contributed by atoms with E-state index in [0.29, 0.717) is 6.04 Å². The van der Waals surface area contributed by atoms with Crippen molar-refractivity contribution in [1.29, 1.82) is 0 Å². The summed E-state index contributed by atoms with van der Waals surface area (Å²) in [6.07, 6.45) is 1.35. The number of hydrogen-bond donors (Lipinski definition) is 1. The van der Waals surface area contributed by atoms with Crippen LogP contribution < -0.4 is 5.32 Å². The Morgan fingerprint density at radius 1 is 1.41 bits per heavy atom. The van der Waals surface area contributed by atoms with Gasteiger partial charge >= 0.3 is 0 Å². The zero-order chi connectivity index (χ0) is 11.7. The fraction of sp³-hybridized carbons (Fsp3) is 0.571. The summed E-state index contributed by atoms with van der Waals surface area (Å²) in [6.45, 7) is 3.70. The SMILES string of the molecule is CN1CCC(CNC2CSc3ccccc32)C1. The summed E-state index contributed by atoms with van der Waals surface area (Å²) in [6, 6.07) is 9.38. The van der Waals surface area contributed by atoms with Gasteiger partial charge in [0.2, 0.25) is 0 Å². The minimum atomic E-state index is 0.571. The highest BCUT2D eigenvalue weighted by atomic mass is 32.2. The normalized spacial score (nSPS) is 28.5. The van der Waals surface area contributed by atoms with Gasteiger partial charge in [-0.1, -0.05) is 18.2 Å². The van der Waals surface area contributed by atoms with Crippen LogP contribution >= 0.6 is 11.8 Å². The van der Waals surface area contributed by atoms with Gasteiger partial charge in [0.05, 0.1) is 0 Å². The van der Waals surface area contributed by atoms with Crippen molar-refractivity contribution in [2.45, 2.75) is 17.4 Å². The third-order valence-electron chi connectivity index (χ3n) is 3.84. The maximum atomic E-state index is 3.75. The molecule has 92 valence electrons. The van der Waals surface area contributed by atoms with Gasteiger partial charge < -0.3 is 10.2 Å². The first-order valence-electron chi connectivity index (χ1n) is 6.46. The number of thioether (sulfide) groups is 1. The molecule has 0 spiro atoms. The van der Waals surface area contributed by atoms with Gasteiger partial charge in [-0.25, -0.2) is 0 Å². The van der Waals surface area contributed by atoms with Crippen LogP contribution in [0.1, 0.15) is 18.0 Å². The molecule has 0 radical (unpaired) electrons. The standard InChI is InChI=1S/C14H20N2S/c1-16-7-6-11(9-16)8-15-13-10-17-14-5-3-2-4-12(13)14/h2-5,11,13,15H,6-10H2,1H3. The molecule has 0 amide bonds. The topological polar surface area (TPSA) is 15.3 Å². The lowest BCUT2D eigenvalue weighted by molar-refractivity contribution is 0.382. The highest BCUT2D eigenvalue weighted by Gasteiger charge is 2.25. The first kappa shape index (κ1) is 11.6. The van der Waals surface area contributed by atoms with Crippen LogP contribution in [0, 0.1) is 5.92 Å². The molecule has 1 aromatic rings. The zero-order valence-corrected chi connectivity index (χ0v) is 11.2. The van der Waals surface area contributed by atoms with E-state index in [-0.39, 0.29) is 0 Å². The van der Waals surface area contributed by atoms with Gasteiger partial charge in [-0.2, -0.15) is 0 Å². The molecule has 2 heterocycles. The molecule has 2 atom stereocenters. The molecule has 2 unspecified atom stereocenters. The Bertz CT molecular complexity index is 394. The summed E-state index contributed by atoms with van der Waals surface area (Å²) in [4.78, 5) is 3.90. The van der Waals surface area contributed by atoms with E-state index < -0.39 is 0 Å². The Morgan fingerprint density at radius 2 is 2.29 bits per heavy atom. The van der Waals surface area contributed by atoms with E-state index in [2.05, 4.69) is 41.5 Å². The zero-order valence-electron chi connectivity index (χ0n) is 10.4. The van der Waals surface area contributed by atoms with Crippen LogP contribution in [-0.4, -0.2) is 37.3 Å². The lowest BCUT2D eigenvalue weighted by Crippen LogP contribution is -2.28. The molecule has 1 fully saturated rings. The highest BCUT2D eigenvalue weighted by Crippen LogP contribution is 2.37. The van der Waals surface area contributed by atoms with Crippen LogP contribution in [0.3, 0.4) is 0 Å². The second-order valence-electron chi connectivity index (χ2n) is 5.23. The highest BCUT2D eigenvalue weighted by molar-refractivity contribution is 7.99. The number of fused-ring (bicyclic) bond motifs is 1. The van der Waals surface area contributed by atoms with Crippen molar-refractivity contribution in [3.63, 3.8) is 0 Å². The molecule has 2 aliphatic rings. The molecule has 1 saturated heterocycles. The minimum Gasteiger partial charge on any atom is -0.309 e. The van der Waals surface area contributed by atoms with E-state index >= 15 is 0 Å². The second kappa shape index (κ2) is 5.01. The summed E-state index contributed by atoms with van der Waals surface area (Å²) in [5.74, 6) is 2.04. The molecule has 3 rings (SSSR count). The van der Waals surface area contributed by atoms with E-state index in [9.17, 15) is 0 Å². The first-order valence-corrected chi connectivity index (χ1v) is 7.45. The van der Waals surface area contributed by atoms with Crippen molar-refractivity contribution >= 4 is 11.8 Å². The van der Waals surface area contributed by atoms with Crippen molar-refractivity contribution in [3.8, 4) is 0 Å². The number of nitrogens with one attached hydrogen (secondary N) is 1. The first-order chi connectivity index (χ1) is 8.33. The number of likely N-dealkylation sites (tertiary alicyclic amines) is 1. The molecule has 2 nitrogen and oxygen atoms in total. The fourth-order valence-electron chi connectivity index (χ4n) is 2.83. The van der Waals surface area contributed by atoms with Crippen molar-refractivity contribution in [2.24, 2.45) is 5.92 Å². The number of nitrogens with zero attached hydrogens (tertiary/aromatic N) is 1. The molecule has 0 aromatic heterocycles.